The summed E-state index contributed by atoms with van der Waals surface area (Å²) in [6.07, 6.45) is 1.25. The Balaban J connectivity index is 1.45. The number of amides is 1. The number of rotatable bonds is 6. The second-order valence-electron chi connectivity index (χ2n) is 6.52. The third-order valence-corrected chi connectivity index (χ3v) is 4.53. The lowest BCUT2D eigenvalue weighted by atomic mass is 10.0. The van der Waals surface area contributed by atoms with E-state index in [9.17, 15) is 4.79 Å². The predicted molar refractivity (Wildman–Crippen MR) is 90.2 cm³/mol. The number of likely N-dealkylation sites (tertiary alicyclic amines) is 1. The van der Waals surface area contributed by atoms with Crippen LogP contribution in [0.3, 0.4) is 0 Å². The molecule has 1 N–H and O–H groups in total. The SMILES string of the molecule is Cc1nnc(CC(=O)N[C@H](C)[C@@H]2CCN(Cc3ccccc3)C2)o1. The van der Waals surface area contributed by atoms with Crippen LogP contribution >= 0.6 is 0 Å². The molecule has 1 aromatic carbocycles. The molecule has 1 aliphatic rings. The number of hydrogen-bond donors (Lipinski definition) is 1. The number of nitrogens with one attached hydrogen (secondary N) is 1. The molecule has 6 nitrogen and oxygen atoms in total. The Morgan fingerprint density at radius 2 is 2.17 bits per heavy atom. The molecule has 1 fully saturated rings. The van der Waals surface area contributed by atoms with Gasteiger partial charge in [-0.25, -0.2) is 0 Å². The smallest absolute Gasteiger partial charge is 0.229 e. The van der Waals surface area contributed by atoms with Gasteiger partial charge in [0.1, 0.15) is 6.42 Å². The van der Waals surface area contributed by atoms with Gasteiger partial charge in [0, 0.05) is 26.1 Å². The Hall–Kier alpha value is -2.21. The maximum absolute atomic E-state index is 12.1. The molecule has 0 saturated carbocycles. The van der Waals surface area contributed by atoms with Crippen molar-refractivity contribution in [2.24, 2.45) is 5.92 Å². The van der Waals surface area contributed by atoms with E-state index in [0.29, 0.717) is 17.7 Å². The van der Waals surface area contributed by atoms with Crippen LogP contribution < -0.4 is 5.32 Å². The number of carbonyl (C=O) groups excluding carboxylic acids is 1. The summed E-state index contributed by atoms with van der Waals surface area (Å²) in [6.45, 7) is 6.85. The maximum Gasteiger partial charge on any atom is 0.229 e. The zero-order valence-electron chi connectivity index (χ0n) is 14.2. The molecule has 3 rings (SSSR count). The van der Waals surface area contributed by atoms with Crippen molar-refractivity contribution < 1.29 is 9.21 Å². The third-order valence-electron chi connectivity index (χ3n) is 4.53. The maximum atomic E-state index is 12.1. The van der Waals surface area contributed by atoms with Crippen molar-refractivity contribution in [2.45, 2.75) is 39.3 Å². The van der Waals surface area contributed by atoms with Gasteiger partial charge in [-0.3, -0.25) is 9.69 Å². The number of carbonyl (C=O) groups is 1. The summed E-state index contributed by atoms with van der Waals surface area (Å²) in [7, 11) is 0. The lowest BCUT2D eigenvalue weighted by Gasteiger charge is -2.21. The highest BCUT2D eigenvalue weighted by Crippen LogP contribution is 2.21. The third kappa shape index (κ3) is 4.41. The van der Waals surface area contributed by atoms with Crippen molar-refractivity contribution in [1.82, 2.24) is 20.4 Å². The van der Waals surface area contributed by atoms with Crippen LogP contribution in [0.15, 0.2) is 34.7 Å². The van der Waals surface area contributed by atoms with Gasteiger partial charge in [0.15, 0.2) is 0 Å². The van der Waals surface area contributed by atoms with Gasteiger partial charge in [-0.05, 0) is 31.4 Å². The number of aromatic nitrogens is 2. The van der Waals surface area contributed by atoms with Gasteiger partial charge in [-0.15, -0.1) is 10.2 Å². The van der Waals surface area contributed by atoms with Crippen LogP contribution in [0, 0.1) is 12.8 Å². The molecule has 24 heavy (non-hydrogen) atoms. The van der Waals surface area contributed by atoms with Gasteiger partial charge in [-0.1, -0.05) is 30.3 Å². The van der Waals surface area contributed by atoms with Crippen molar-refractivity contribution in [3.63, 3.8) is 0 Å². The monoisotopic (exact) mass is 328 g/mol. The summed E-state index contributed by atoms with van der Waals surface area (Å²) in [5.41, 5.74) is 1.33. The lowest BCUT2D eigenvalue weighted by Crippen LogP contribution is -2.40. The first-order chi connectivity index (χ1) is 11.6. The highest BCUT2D eigenvalue weighted by molar-refractivity contribution is 5.77. The minimum absolute atomic E-state index is 0.0624. The van der Waals surface area contributed by atoms with Crippen LogP contribution in [-0.2, 0) is 17.8 Å². The highest BCUT2D eigenvalue weighted by atomic mass is 16.4. The van der Waals surface area contributed by atoms with E-state index in [4.69, 9.17) is 4.42 Å². The average Bonchev–Trinajstić information content (AvgIpc) is 3.17. The normalized spacial score (nSPS) is 19.3. The summed E-state index contributed by atoms with van der Waals surface area (Å²) >= 11 is 0. The molecule has 2 aromatic rings. The molecule has 128 valence electrons. The van der Waals surface area contributed by atoms with E-state index in [1.165, 1.54) is 5.56 Å². The molecule has 0 aliphatic carbocycles. The second-order valence-corrected chi connectivity index (χ2v) is 6.52. The predicted octanol–water partition coefficient (Wildman–Crippen LogP) is 1.95. The zero-order valence-corrected chi connectivity index (χ0v) is 14.2. The van der Waals surface area contributed by atoms with Gasteiger partial charge in [0.05, 0.1) is 0 Å². The van der Waals surface area contributed by atoms with Crippen LogP contribution in [0.2, 0.25) is 0 Å². The van der Waals surface area contributed by atoms with E-state index < -0.39 is 0 Å². The van der Waals surface area contributed by atoms with Crippen molar-refractivity contribution in [3.8, 4) is 0 Å². The first-order valence-electron chi connectivity index (χ1n) is 8.45. The van der Waals surface area contributed by atoms with Gasteiger partial charge in [-0.2, -0.15) is 0 Å². The molecular weight excluding hydrogens is 304 g/mol. The van der Waals surface area contributed by atoms with Crippen LogP contribution in [0.5, 0.6) is 0 Å². The highest BCUT2D eigenvalue weighted by Gasteiger charge is 2.28. The molecule has 6 heteroatoms. The summed E-state index contributed by atoms with van der Waals surface area (Å²) in [5.74, 6) is 1.27. The van der Waals surface area contributed by atoms with E-state index in [-0.39, 0.29) is 18.4 Å². The average molecular weight is 328 g/mol. The Morgan fingerprint density at radius 3 is 2.88 bits per heavy atom. The summed E-state index contributed by atoms with van der Waals surface area (Å²) in [5, 5.41) is 10.7. The zero-order chi connectivity index (χ0) is 16.9. The molecule has 1 amide bonds. The number of hydrogen-bond acceptors (Lipinski definition) is 5. The van der Waals surface area contributed by atoms with E-state index in [1.807, 2.05) is 6.07 Å². The molecule has 0 bridgehead atoms. The van der Waals surface area contributed by atoms with Crippen LogP contribution in [-0.4, -0.2) is 40.1 Å². The van der Waals surface area contributed by atoms with Gasteiger partial charge < -0.3 is 9.73 Å². The van der Waals surface area contributed by atoms with E-state index >= 15 is 0 Å². The van der Waals surface area contributed by atoms with Crippen LogP contribution in [0.25, 0.3) is 0 Å². The summed E-state index contributed by atoms with van der Waals surface area (Å²) < 4.78 is 5.25. The van der Waals surface area contributed by atoms with Crippen molar-refractivity contribution >= 4 is 5.91 Å². The second kappa shape index (κ2) is 7.57. The first-order valence-corrected chi connectivity index (χ1v) is 8.45. The first kappa shape index (κ1) is 16.6. The number of benzene rings is 1. The minimum Gasteiger partial charge on any atom is -0.425 e. The van der Waals surface area contributed by atoms with Crippen LogP contribution in [0.4, 0.5) is 0 Å². The molecule has 1 aliphatic heterocycles. The molecule has 2 atom stereocenters. The molecule has 0 spiro atoms. The van der Waals surface area contributed by atoms with Crippen molar-refractivity contribution in [1.29, 1.82) is 0 Å². The van der Waals surface area contributed by atoms with Crippen LogP contribution in [0.1, 0.15) is 30.7 Å². The molecular formula is C18H24N4O2. The fraction of sp³-hybridized carbons (Fsp3) is 0.500. The lowest BCUT2D eigenvalue weighted by molar-refractivity contribution is -0.121. The van der Waals surface area contributed by atoms with Gasteiger partial charge >= 0.3 is 0 Å². The van der Waals surface area contributed by atoms with E-state index in [1.54, 1.807) is 6.92 Å². The minimum atomic E-state index is -0.0624. The Morgan fingerprint density at radius 1 is 1.38 bits per heavy atom. The molecule has 0 unspecified atom stereocenters. The summed E-state index contributed by atoms with van der Waals surface area (Å²) in [6, 6.07) is 10.6. The Kier molecular flexibility index (Phi) is 5.25. The van der Waals surface area contributed by atoms with Crippen molar-refractivity contribution in [3.05, 3.63) is 47.7 Å². The molecule has 1 aromatic heterocycles. The van der Waals surface area contributed by atoms with Crippen molar-refractivity contribution in [2.75, 3.05) is 13.1 Å². The molecule has 2 heterocycles. The quantitative estimate of drug-likeness (QED) is 0.877. The number of aryl methyl sites for hydroxylation is 1. The fourth-order valence-corrected chi connectivity index (χ4v) is 3.23. The Bertz CT molecular complexity index is 671. The summed E-state index contributed by atoms with van der Waals surface area (Å²) in [4.78, 5) is 14.6. The standard InChI is InChI=1S/C18H24N4O2/c1-13(19-17(23)10-18-21-20-14(2)24-18)16-8-9-22(12-16)11-15-6-4-3-5-7-15/h3-7,13,16H,8-12H2,1-2H3,(H,19,23)/t13-,16-/m1/s1. The van der Waals surface area contributed by atoms with E-state index in [0.717, 1.165) is 26.1 Å². The largest absolute Gasteiger partial charge is 0.425 e. The number of nitrogens with zero attached hydrogens (tertiary/aromatic N) is 3. The van der Waals surface area contributed by atoms with E-state index in [2.05, 4.69) is 51.6 Å². The topological polar surface area (TPSA) is 71.3 Å². The molecule has 1 saturated heterocycles. The fourth-order valence-electron chi connectivity index (χ4n) is 3.23. The molecule has 0 radical (unpaired) electrons. The Labute approximate surface area is 142 Å². The van der Waals surface area contributed by atoms with Gasteiger partial charge in [0.25, 0.3) is 0 Å². The van der Waals surface area contributed by atoms with Gasteiger partial charge in [0.2, 0.25) is 17.7 Å².